The number of nitrogens with zero attached hydrogens (tertiary/aromatic N) is 1. The number of carbonyl (C=O) groups is 1. The Balaban J connectivity index is 2.13. The summed E-state index contributed by atoms with van der Waals surface area (Å²) in [5, 5.41) is 10.5. The standard InChI is InChI=1S/C16H11ClFNO2/c17-12-4-5-14(18)11(8-12)9-19-7-6-10-2-1-3-13(15(10)19)16(20)21/h1-8H,9H2,(H,20,21). The van der Waals surface area contributed by atoms with Crippen LogP contribution in [0.25, 0.3) is 10.9 Å². The average Bonchev–Trinajstić information content (AvgIpc) is 2.86. The third-order valence-corrected chi connectivity index (χ3v) is 3.60. The first-order valence-corrected chi connectivity index (χ1v) is 6.69. The molecule has 0 aliphatic rings. The Morgan fingerprint density at radius 3 is 2.81 bits per heavy atom. The van der Waals surface area contributed by atoms with Gasteiger partial charge in [-0.3, -0.25) is 0 Å². The lowest BCUT2D eigenvalue weighted by Crippen LogP contribution is -2.05. The van der Waals surface area contributed by atoms with Gasteiger partial charge in [-0.05, 0) is 30.3 Å². The summed E-state index contributed by atoms with van der Waals surface area (Å²) in [6.45, 7) is 0.222. The minimum atomic E-state index is -1.01. The summed E-state index contributed by atoms with van der Waals surface area (Å²) in [6, 6.07) is 11.2. The minimum absolute atomic E-state index is 0.194. The first-order chi connectivity index (χ1) is 10.1. The van der Waals surface area contributed by atoms with E-state index in [0.29, 0.717) is 16.1 Å². The average molecular weight is 304 g/mol. The molecule has 3 rings (SSSR count). The zero-order valence-corrected chi connectivity index (χ0v) is 11.6. The molecule has 0 fully saturated rings. The third-order valence-electron chi connectivity index (χ3n) is 3.37. The molecule has 0 unspecified atom stereocenters. The molecule has 21 heavy (non-hydrogen) atoms. The quantitative estimate of drug-likeness (QED) is 0.788. The van der Waals surface area contributed by atoms with Crippen molar-refractivity contribution >= 4 is 28.5 Å². The van der Waals surface area contributed by atoms with Crippen molar-refractivity contribution < 1.29 is 14.3 Å². The topological polar surface area (TPSA) is 42.2 Å². The van der Waals surface area contributed by atoms with Gasteiger partial charge in [0, 0.05) is 22.2 Å². The van der Waals surface area contributed by atoms with Crippen LogP contribution >= 0.6 is 11.6 Å². The van der Waals surface area contributed by atoms with Gasteiger partial charge in [-0.15, -0.1) is 0 Å². The zero-order chi connectivity index (χ0) is 15.0. The smallest absolute Gasteiger partial charge is 0.337 e. The minimum Gasteiger partial charge on any atom is -0.478 e. The van der Waals surface area contributed by atoms with Crippen LogP contribution in [0.5, 0.6) is 0 Å². The summed E-state index contributed by atoms with van der Waals surface area (Å²) in [5.41, 5.74) is 1.18. The van der Waals surface area contributed by atoms with Gasteiger partial charge >= 0.3 is 5.97 Å². The SMILES string of the molecule is O=C(O)c1cccc2ccn(Cc3cc(Cl)ccc3F)c12. The number of hydrogen-bond acceptors (Lipinski definition) is 1. The third kappa shape index (κ3) is 2.50. The van der Waals surface area contributed by atoms with Crippen LogP contribution in [-0.2, 0) is 6.54 Å². The number of carboxylic acid groups (broad SMARTS) is 1. The highest BCUT2D eigenvalue weighted by molar-refractivity contribution is 6.30. The molecule has 106 valence electrons. The number of aromatic nitrogens is 1. The number of aromatic carboxylic acids is 1. The van der Waals surface area contributed by atoms with Gasteiger partial charge in [0.2, 0.25) is 0 Å². The van der Waals surface area contributed by atoms with Crippen molar-refractivity contribution in [1.29, 1.82) is 0 Å². The van der Waals surface area contributed by atoms with E-state index in [1.165, 1.54) is 18.2 Å². The summed E-state index contributed by atoms with van der Waals surface area (Å²) in [4.78, 5) is 11.3. The maximum absolute atomic E-state index is 13.8. The van der Waals surface area contributed by atoms with Crippen molar-refractivity contribution in [2.45, 2.75) is 6.54 Å². The second kappa shape index (κ2) is 5.22. The van der Waals surface area contributed by atoms with E-state index in [0.717, 1.165) is 5.39 Å². The molecule has 0 amide bonds. The van der Waals surface area contributed by atoms with Gasteiger partial charge in [0.05, 0.1) is 17.6 Å². The van der Waals surface area contributed by atoms with Crippen LogP contribution in [0.1, 0.15) is 15.9 Å². The van der Waals surface area contributed by atoms with E-state index in [4.69, 9.17) is 11.6 Å². The lowest BCUT2D eigenvalue weighted by molar-refractivity contribution is 0.0698. The molecule has 3 nitrogen and oxygen atoms in total. The molecule has 2 aromatic carbocycles. The lowest BCUT2D eigenvalue weighted by atomic mass is 10.1. The predicted molar refractivity (Wildman–Crippen MR) is 79.4 cm³/mol. The molecule has 1 N–H and O–H groups in total. The van der Waals surface area contributed by atoms with Gasteiger partial charge in [0.1, 0.15) is 5.82 Å². The van der Waals surface area contributed by atoms with Crippen molar-refractivity contribution in [3.05, 3.63) is 70.6 Å². The first kappa shape index (κ1) is 13.6. The van der Waals surface area contributed by atoms with Gasteiger partial charge in [-0.2, -0.15) is 0 Å². The second-order valence-corrected chi connectivity index (χ2v) is 5.16. The molecule has 0 spiro atoms. The van der Waals surface area contributed by atoms with Crippen LogP contribution in [0.2, 0.25) is 5.02 Å². The molecule has 0 atom stereocenters. The normalized spacial score (nSPS) is 11.0. The van der Waals surface area contributed by atoms with Crippen molar-refractivity contribution in [1.82, 2.24) is 4.57 Å². The van der Waals surface area contributed by atoms with E-state index in [-0.39, 0.29) is 17.9 Å². The van der Waals surface area contributed by atoms with Crippen molar-refractivity contribution in [3.63, 3.8) is 0 Å². The fourth-order valence-corrected chi connectivity index (χ4v) is 2.61. The Morgan fingerprint density at radius 2 is 2.05 bits per heavy atom. The monoisotopic (exact) mass is 303 g/mol. The maximum Gasteiger partial charge on any atom is 0.337 e. The van der Waals surface area contributed by atoms with Crippen molar-refractivity contribution in [2.24, 2.45) is 0 Å². The Hall–Kier alpha value is -2.33. The zero-order valence-electron chi connectivity index (χ0n) is 10.9. The van der Waals surface area contributed by atoms with E-state index in [1.807, 2.05) is 12.1 Å². The molecule has 0 bridgehead atoms. The summed E-state index contributed by atoms with van der Waals surface area (Å²) in [7, 11) is 0. The molecule has 0 aliphatic heterocycles. The largest absolute Gasteiger partial charge is 0.478 e. The molecule has 0 radical (unpaired) electrons. The number of fused-ring (bicyclic) bond motifs is 1. The Bertz CT molecular complexity index is 841. The molecule has 0 saturated carbocycles. The van der Waals surface area contributed by atoms with Crippen LogP contribution < -0.4 is 0 Å². The summed E-state index contributed by atoms with van der Waals surface area (Å²) >= 11 is 5.89. The van der Waals surface area contributed by atoms with Gasteiger partial charge < -0.3 is 9.67 Å². The predicted octanol–water partition coefficient (Wildman–Crippen LogP) is 4.18. The Labute approximate surface area is 125 Å². The summed E-state index contributed by atoms with van der Waals surface area (Å²) in [6.07, 6.45) is 1.75. The van der Waals surface area contributed by atoms with E-state index in [1.54, 1.807) is 22.9 Å². The highest BCUT2D eigenvalue weighted by atomic mass is 35.5. The number of carboxylic acids is 1. The molecule has 3 aromatic rings. The van der Waals surface area contributed by atoms with Gasteiger partial charge in [0.25, 0.3) is 0 Å². The van der Waals surface area contributed by atoms with Crippen LogP contribution in [0.3, 0.4) is 0 Å². The van der Waals surface area contributed by atoms with Crippen LogP contribution in [0.4, 0.5) is 4.39 Å². The Morgan fingerprint density at radius 1 is 1.24 bits per heavy atom. The fourth-order valence-electron chi connectivity index (χ4n) is 2.41. The highest BCUT2D eigenvalue weighted by Gasteiger charge is 2.13. The second-order valence-electron chi connectivity index (χ2n) is 4.73. The van der Waals surface area contributed by atoms with Gasteiger partial charge in [-0.1, -0.05) is 23.7 Å². The van der Waals surface area contributed by atoms with Crippen LogP contribution in [-0.4, -0.2) is 15.6 Å². The summed E-state index contributed by atoms with van der Waals surface area (Å²) in [5.74, 6) is -1.37. The number of benzene rings is 2. The van der Waals surface area contributed by atoms with E-state index < -0.39 is 5.97 Å². The highest BCUT2D eigenvalue weighted by Crippen LogP contribution is 2.23. The summed E-state index contributed by atoms with van der Waals surface area (Å²) < 4.78 is 15.5. The van der Waals surface area contributed by atoms with Gasteiger partial charge in [0.15, 0.2) is 0 Å². The Kier molecular flexibility index (Phi) is 3.39. The lowest BCUT2D eigenvalue weighted by Gasteiger charge is -2.09. The molecule has 0 saturated heterocycles. The number of hydrogen-bond donors (Lipinski definition) is 1. The number of halogens is 2. The number of rotatable bonds is 3. The molecular formula is C16H11ClFNO2. The van der Waals surface area contributed by atoms with Crippen molar-refractivity contribution in [2.75, 3.05) is 0 Å². The van der Waals surface area contributed by atoms with Crippen LogP contribution in [0.15, 0.2) is 48.7 Å². The van der Waals surface area contributed by atoms with E-state index in [2.05, 4.69) is 0 Å². The molecule has 1 aromatic heterocycles. The fraction of sp³-hybridized carbons (Fsp3) is 0.0625. The van der Waals surface area contributed by atoms with E-state index in [9.17, 15) is 14.3 Å². The number of para-hydroxylation sites is 1. The molecule has 0 aliphatic carbocycles. The molecule has 5 heteroatoms. The van der Waals surface area contributed by atoms with Crippen molar-refractivity contribution in [3.8, 4) is 0 Å². The van der Waals surface area contributed by atoms with Crippen LogP contribution in [0, 0.1) is 5.82 Å². The first-order valence-electron chi connectivity index (χ1n) is 6.31. The maximum atomic E-state index is 13.8. The molecule has 1 heterocycles. The van der Waals surface area contributed by atoms with Gasteiger partial charge in [-0.25, -0.2) is 9.18 Å². The molecular weight excluding hydrogens is 293 g/mol. The van der Waals surface area contributed by atoms with E-state index >= 15 is 0 Å².